The maximum Gasteiger partial charge on any atom is 0.338 e. The molecule has 1 aromatic carbocycles. The fourth-order valence-corrected chi connectivity index (χ4v) is 2.93. The summed E-state index contributed by atoms with van der Waals surface area (Å²) < 4.78 is 16.4. The minimum absolute atomic E-state index is 0.0656. The Morgan fingerprint density at radius 3 is 2.54 bits per heavy atom. The molecule has 2 N–H and O–H groups in total. The zero-order valence-electron chi connectivity index (χ0n) is 15.8. The van der Waals surface area contributed by atoms with E-state index in [-0.39, 0.29) is 18.6 Å². The zero-order valence-corrected chi connectivity index (χ0v) is 15.8. The van der Waals surface area contributed by atoms with Crippen molar-refractivity contribution >= 4 is 12.0 Å². The summed E-state index contributed by atoms with van der Waals surface area (Å²) in [6.45, 7) is 8.08. The second kappa shape index (κ2) is 8.60. The van der Waals surface area contributed by atoms with E-state index in [1.165, 1.54) is 0 Å². The molecule has 0 saturated carbocycles. The number of carbonyl (C=O) groups excluding carboxylic acids is 2. The molecule has 1 heterocycles. The second-order valence-electron chi connectivity index (χ2n) is 6.05. The average molecular weight is 362 g/mol. The molecule has 1 aliphatic rings. The van der Waals surface area contributed by atoms with Gasteiger partial charge in [-0.2, -0.15) is 0 Å². The van der Waals surface area contributed by atoms with E-state index in [2.05, 4.69) is 10.6 Å². The van der Waals surface area contributed by atoms with E-state index in [4.69, 9.17) is 14.2 Å². The van der Waals surface area contributed by atoms with Crippen LogP contribution in [0.3, 0.4) is 0 Å². The molecule has 2 rings (SSSR count). The summed E-state index contributed by atoms with van der Waals surface area (Å²) in [6, 6.07) is 4.30. The van der Waals surface area contributed by atoms with E-state index in [0.717, 1.165) is 0 Å². The minimum atomic E-state index is -0.697. The van der Waals surface area contributed by atoms with Crippen molar-refractivity contribution in [2.24, 2.45) is 5.92 Å². The molecule has 0 bridgehead atoms. The summed E-state index contributed by atoms with van der Waals surface area (Å²) in [7, 11) is 1.55. The van der Waals surface area contributed by atoms with Crippen LogP contribution in [0.4, 0.5) is 4.79 Å². The van der Waals surface area contributed by atoms with Crippen LogP contribution in [0.5, 0.6) is 11.5 Å². The highest BCUT2D eigenvalue weighted by atomic mass is 16.5. The van der Waals surface area contributed by atoms with Crippen LogP contribution in [0.1, 0.15) is 39.3 Å². The van der Waals surface area contributed by atoms with Gasteiger partial charge in [-0.3, -0.25) is 0 Å². The highest BCUT2D eigenvalue weighted by molar-refractivity contribution is 5.95. The monoisotopic (exact) mass is 362 g/mol. The van der Waals surface area contributed by atoms with E-state index >= 15 is 0 Å². The topological polar surface area (TPSA) is 85.9 Å². The lowest BCUT2D eigenvalue weighted by molar-refractivity contribution is -0.139. The Morgan fingerprint density at radius 1 is 1.23 bits per heavy atom. The Hall–Kier alpha value is -2.70. The number of hydrogen-bond acceptors (Lipinski definition) is 5. The Balaban J connectivity index is 2.66. The summed E-state index contributed by atoms with van der Waals surface area (Å²) in [5, 5.41) is 5.55. The first-order chi connectivity index (χ1) is 12.4. The predicted octanol–water partition coefficient (Wildman–Crippen LogP) is 2.92. The quantitative estimate of drug-likeness (QED) is 0.729. The number of rotatable bonds is 7. The third-order valence-electron chi connectivity index (χ3n) is 4.00. The third-order valence-corrected chi connectivity index (χ3v) is 4.00. The fourth-order valence-electron chi connectivity index (χ4n) is 2.93. The molecule has 1 aromatic rings. The van der Waals surface area contributed by atoms with Crippen molar-refractivity contribution in [1.82, 2.24) is 10.6 Å². The van der Waals surface area contributed by atoms with Gasteiger partial charge in [0, 0.05) is 11.3 Å². The standard InChI is InChI=1S/C19H26N2O5/c1-6-25-17-12(9-8-10-13(17)24-5)16-14(18(22)26-7-2)15(11(3)4)20-19(23)21-16/h8-11,16H,6-7H2,1-5H3,(H2,20,21,23). The third kappa shape index (κ3) is 3.92. The van der Waals surface area contributed by atoms with Crippen molar-refractivity contribution in [2.75, 3.05) is 20.3 Å². The van der Waals surface area contributed by atoms with Gasteiger partial charge in [-0.05, 0) is 25.8 Å². The van der Waals surface area contributed by atoms with Crippen molar-refractivity contribution in [3.8, 4) is 11.5 Å². The van der Waals surface area contributed by atoms with Crippen molar-refractivity contribution in [1.29, 1.82) is 0 Å². The number of urea groups is 1. The molecule has 7 nitrogen and oxygen atoms in total. The fraction of sp³-hybridized carbons (Fsp3) is 0.474. The lowest BCUT2D eigenvalue weighted by atomic mass is 9.91. The van der Waals surface area contributed by atoms with E-state index in [9.17, 15) is 9.59 Å². The van der Waals surface area contributed by atoms with E-state index in [1.807, 2.05) is 20.8 Å². The molecule has 0 radical (unpaired) electrons. The lowest BCUT2D eigenvalue weighted by Crippen LogP contribution is -2.47. The normalized spacial score (nSPS) is 16.8. The van der Waals surface area contributed by atoms with E-state index in [1.54, 1.807) is 32.2 Å². The minimum Gasteiger partial charge on any atom is -0.493 e. The van der Waals surface area contributed by atoms with Gasteiger partial charge in [0.15, 0.2) is 11.5 Å². The van der Waals surface area contributed by atoms with Gasteiger partial charge in [0.2, 0.25) is 0 Å². The molecule has 0 fully saturated rings. The Morgan fingerprint density at radius 2 is 1.96 bits per heavy atom. The number of carbonyl (C=O) groups is 2. The number of methoxy groups -OCH3 is 1. The maximum absolute atomic E-state index is 12.7. The molecule has 2 amide bonds. The van der Waals surface area contributed by atoms with Crippen LogP contribution < -0.4 is 20.1 Å². The van der Waals surface area contributed by atoms with Crippen molar-refractivity contribution in [3.05, 3.63) is 35.0 Å². The number of esters is 1. The van der Waals surface area contributed by atoms with Crippen LogP contribution in [-0.4, -0.2) is 32.3 Å². The van der Waals surface area contributed by atoms with Crippen molar-refractivity contribution in [3.63, 3.8) is 0 Å². The highest BCUT2D eigenvalue weighted by Gasteiger charge is 2.36. The van der Waals surface area contributed by atoms with Crippen LogP contribution in [0.15, 0.2) is 29.5 Å². The Bertz CT molecular complexity index is 712. The summed E-state index contributed by atoms with van der Waals surface area (Å²) in [5.74, 6) is 0.490. The molecular formula is C19H26N2O5. The number of nitrogens with one attached hydrogen (secondary N) is 2. The van der Waals surface area contributed by atoms with Crippen LogP contribution in [0, 0.1) is 5.92 Å². The summed E-state index contributed by atoms with van der Waals surface area (Å²) in [5.41, 5.74) is 1.56. The molecule has 26 heavy (non-hydrogen) atoms. The molecular weight excluding hydrogens is 336 g/mol. The lowest BCUT2D eigenvalue weighted by Gasteiger charge is -2.32. The number of benzene rings is 1. The molecule has 1 unspecified atom stereocenters. The van der Waals surface area contributed by atoms with Gasteiger partial charge in [-0.1, -0.05) is 26.0 Å². The summed E-state index contributed by atoms with van der Waals surface area (Å²) >= 11 is 0. The van der Waals surface area contributed by atoms with Gasteiger partial charge in [0.25, 0.3) is 0 Å². The molecule has 0 aromatic heterocycles. The smallest absolute Gasteiger partial charge is 0.338 e. The van der Waals surface area contributed by atoms with Gasteiger partial charge in [0.1, 0.15) is 0 Å². The van der Waals surface area contributed by atoms with Crippen LogP contribution in [0.2, 0.25) is 0 Å². The summed E-state index contributed by atoms with van der Waals surface area (Å²) in [4.78, 5) is 24.9. The van der Waals surface area contributed by atoms with E-state index in [0.29, 0.717) is 34.9 Å². The molecule has 142 valence electrons. The van der Waals surface area contributed by atoms with Crippen molar-refractivity contribution < 1.29 is 23.8 Å². The largest absolute Gasteiger partial charge is 0.493 e. The zero-order chi connectivity index (χ0) is 19.3. The Kier molecular flexibility index (Phi) is 6.49. The first-order valence-corrected chi connectivity index (χ1v) is 8.72. The number of amides is 2. The maximum atomic E-state index is 12.7. The number of ether oxygens (including phenoxy) is 3. The molecule has 0 spiro atoms. The predicted molar refractivity (Wildman–Crippen MR) is 97.1 cm³/mol. The molecule has 7 heteroatoms. The first kappa shape index (κ1) is 19.6. The van der Waals surface area contributed by atoms with E-state index < -0.39 is 12.0 Å². The van der Waals surface area contributed by atoms with Crippen molar-refractivity contribution in [2.45, 2.75) is 33.7 Å². The summed E-state index contributed by atoms with van der Waals surface area (Å²) in [6.07, 6.45) is 0. The average Bonchev–Trinajstić information content (AvgIpc) is 2.61. The molecule has 1 aliphatic heterocycles. The van der Waals surface area contributed by atoms with Gasteiger partial charge in [-0.15, -0.1) is 0 Å². The van der Waals surface area contributed by atoms with Gasteiger partial charge < -0.3 is 24.8 Å². The molecule has 0 saturated heterocycles. The number of allylic oxidation sites excluding steroid dienone is 1. The van der Waals surface area contributed by atoms with Gasteiger partial charge in [0.05, 0.1) is 31.9 Å². The molecule has 1 atom stereocenters. The highest BCUT2D eigenvalue weighted by Crippen LogP contribution is 2.40. The number of hydrogen-bond donors (Lipinski definition) is 2. The van der Waals surface area contributed by atoms with Gasteiger partial charge in [-0.25, -0.2) is 9.59 Å². The van der Waals surface area contributed by atoms with Crippen LogP contribution in [-0.2, 0) is 9.53 Å². The van der Waals surface area contributed by atoms with Gasteiger partial charge >= 0.3 is 12.0 Å². The number of para-hydroxylation sites is 1. The SMILES string of the molecule is CCOC(=O)C1=C(C(C)C)NC(=O)NC1c1cccc(OC)c1OCC. The first-order valence-electron chi connectivity index (χ1n) is 8.72. The Labute approximate surface area is 153 Å². The van der Waals surface area contributed by atoms with Crippen LogP contribution >= 0.6 is 0 Å². The second-order valence-corrected chi connectivity index (χ2v) is 6.05. The van der Waals surface area contributed by atoms with Crippen LogP contribution in [0.25, 0.3) is 0 Å². The molecule has 0 aliphatic carbocycles.